The maximum atomic E-state index is 13.2. The molecule has 4 aromatic rings. The van der Waals surface area contributed by atoms with E-state index < -0.39 is 0 Å². The van der Waals surface area contributed by atoms with Crippen molar-refractivity contribution in [1.29, 1.82) is 0 Å². The van der Waals surface area contributed by atoms with E-state index in [4.69, 9.17) is 0 Å². The molecule has 6 nitrogen and oxygen atoms in total. The zero-order valence-corrected chi connectivity index (χ0v) is 17.4. The number of anilines is 1. The third-order valence-corrected chi connectivity index (χ3v) is 5.17. The number of ketones is 1. The van der Waals surface area contributed by atoms with E-state index in [0.717, 1.165) is 27.9 Å². The Morgan fingerprint density at radius 1 is 0.933 bits per heavy atom. The van der Waals surface area contributed by atoms with Gasteiger partial charge >= 0.3 is 0 Å². The van der Waals surface area contributed by atoms with Gasteiger partial charge in [-0.2, -0.15) is 5.10 Å². The molecule has 6 heteroatoms. The molecule has 30 heavy (non-hydrogen) atoms. The first-order chi connectivity index (χ1) is 14.3. The summed E-state index contributed by atoms with van der Waals surface area (Å²) in [4.78, 5) is 30.6. The minimum Gasteiger partial charge on any atom is -0.321 e. The summed E-state index contributed by atoms with van der Waals surface area (Å²) in [6.07, 6.45) is 1.59. The van der Waals surface area contributed by atoms with Crippen LogP contribution in [0.1, 0.15) is 43.1 Å². The van der Waals surface area contributed by atoms with Gasteiger partial charge in [0.1, 0.15) is 0 Å². The number of carbonyl (C=O) groups excluding carboxylic acids is 2. The number of rotatable bonds is 4. The second-order valence-corrected chi connectivity index (χ2v) is 7.45. The molecule has 1 amide bonds. The van der Waals surface area contributed by atoms with E-state index in [1.165, 1.54) is 0 Å². The fraction of sp³-hybridized carbons (Fsp3) is 0.167. The number of pyridine rings is 1. The van der Waals surface area contributed by atoms with E-state index in [9.17, 15) is 9.59 Å². The van der Waals surface area contributed by atoms with Crippen molar-refractivity contribution in [2.24, 2.45) is 7.05 Å². The van der Waals surface area contributed by atoms with Crippen molar-refractivity contribution in [3.8, 4) is 0 Å². The normalized spacial score (nSPS) is 10.9. The van der Waals surface area contributed by atoms with Crippen molar-refractivity contribution >= 4 is 28.4 Å². The van der Waals surface area contributed by atoms with Crippen LogP contribution < -0.4 is 5.32 Å². The van der Waals surface area contributed by atoms with Gasteiger partial charge in [0.25, 0.3) is 5.91 Å². The van der Waals surface area contributed by atoms with Gasteiger partial charge in [0.2, 0.25) is 0 Å². The lowest BCUT2D eigenvalue weighted by Gasteiger charge is -2.11. The summed E-state index contributed by atoms with van der Waals surface area (Å²) >= 11 is 0. The molecule has 0 fully saturated rings. The second kappa shape index (κ2) is 7.55. The number of aromatic nitrogens is 3. The molecule has 2 aromatic carbocycles. The number of hydrogen-bond donors (Lipinski definition) is 1. The predicted molar refractivity (Wildman–Crippen MR) is 117 cm³/mol. The second-order valence-electron chi connectivity index (χ2n) is 7.45. The maximum absolute atomic E-state index is 13.2. The van der Waals surface area contributed by atoms with Gasteiger partial charge in [-0.3, -0.25) is 14.3 Å². The number of carbonyl (C=O) groups is 2. The van der Waals surface area contributed by atoms with Crippen molar-refractivity contribution in [1.82, 2.24) is 14.8 Å². The van der Waals surface area contributed by atoms with E-state index in [1.54, 1.807) is 35.1 Å². The van der Waals surface area contributed by atoms with E-state index in [0.29, 0.717) is 22.4 Å². The molecule has 0 saturated carbocycles. The first-order valence-corrected chi connectivity index (χ1v) is 9.67. The summed E-state index contributed by atoms with van der Waals surface area (Å²) in [6.45, 7) is 5.73. The van der Waals surface area contributed by atoms with Gasteiger partial charge in [-0.25, -0.2) is 4.98 Å². The van der Waals surface area contributed by atoms with Crippen LogP contribution in [-0.4, -0.2) is 26.5 Å². The van der Waals surface area contributed by atoms with Crippen LogP contribution in [0.15, 0.2) is 54.7 Å². The highest BCUT2D eigenvalue weighted by molar-refractivity contribution is 6.18. The Morgan fingerprint density at radius 3 is 2.43 bits per heavy atom. The molecule has 0 aliphatic heterocycles. The lowest BCUT2D eigenvalue weighted by atomic mass is 9.94. The van der Waals surface area contributed by atoms with Crippen LogP contribution >= 0.6 is 0 Å². The Morgan fingerprint density at radius 2 is 1.67 bits per heavy atom. The zero-order valence-electron chi connectivity index (χ0n) is 17.4. The average molecular weight is 398 g/mol. The summed E-state index contributed by atoms with van der Waals surface area (Å²) in [5.74, 6) is -0.523. The Bertz CT molecular complexity index is 1300. The van der Waals surface area contributed by atoms with Crippen molar-refractivity contribution < 1.29 is 9.59 Å². The van der Waals surface area contributed by atoms with E-state index in [-0.39, 0.29) is 11.7 Å². The van der Waals surface area contributed by atoms with Crippen LogP contribution in [-0.2, 0) is 7.05 Å². The number of amides is 1. The lowest BCUT2D eigenvalue weighted by molar-refractivity contribution is 0.0996. The van der Waals surface area contributed by atoms with Gasteiger partial charge in [-0.05, 0) is 44.5 Å². The summed E-state index contributed by atoms with van der Waals surface area (Å²) in [5, 5.41) is 8.09. The molecule has 0 radical (unpaired) electrons. The predicted octanol–water partition coefficient (Wildman–Crippen LogP) is 4.38. The van der Waals surface area contributed by atoms with E-state index >= 15 is 0 Å². The number of benzene rings is 2. The Balaban J connectivity index is 1.68. The highest BCUT2D eigenvalue weighted by Gasteiger charge is 2.20. The fourth-order valence-corrected chi connectivity index (χ4v) is 3.58. The van der Waals surface area contributed by atoms with Crippen LogP contribution in [0, 0.1) is 20.8 Å². The van der Waals surface area contributed by atoms with Crippen LogP contribution in [0.2, 0.25) is 0 Å². The van der Waals surface area contributed by atoms with Gasteiger partial charge in [-0.15, -0.1) is 0 Å². The molecule has 1 N–H and O–H groups in total. The molecule has 0 bridgehead atoms. The molecule has 4 rings (SSSR count). The van der Waals surface area contributed by atoms with Gasteiger partial charge in [0.05, 0.1) is 23.1 Å². The van der Waals surface area contributed by atoms with Gasteiger partial charge in [0, 0.05) is 23.6 Å². The van der Waals surface area contributed by atoms with Crippen molar-refractivity contribution in [2.75, 3.05) is 5.32 Å². The number of hydrogen-bond acceptors (Lipinski definition) is 4. The van der Waals surface area contributed by atoms with E-state index in [2.05, 4.69) is 15.4 Å². The SMILES string of the molecule is Cc1ccc(C)c(C(=O)c2ccccc2C(=O)Nc2cnc3c(c2)c(C)nn3C)c1. The summed E-state index contributed by atoms with van der Waals surface area (Å²) in [5.41, 5.74) is 5.31. The topological polar surface area (TPSA) is 76.9 Å². The third-order valence-electron chi connectivity index (χ3n) is 5.17. The zero-order chi connectivity index (χ0) is 21.4. The summed E-state index contributed by atoms with van der Waals surface area (Å²) in [7, 11) is 1.83. The third kappa shape index (κ3) is 3.48. The van der Waals surface area contributed by atoms with Gasteiger partial charge < -0.3 is 5.32 Å². The van der Waals surface area contributed by atoms with Crippen molar-refractivity contribution in [3.05, 3.63) is 88.2 Å². The molecular formula is C24H22N4O2. The first kappa shape index (κ1) is 19.5. The Labute approximate surface area is 174 Å². The lowest BCUT2D eigenvalue weighted by Crippen LogP contribution is -2.17. The number of fused-ring (bicyclic) bond motifs is 1. The molecule has 0 aliphatic rings. The van der Waals surface area contributed by atoms with E-state index in [1.807, 2.05) is 52.1 Å². The Hall–Kier alpha value is -3.80. The summed E-state index contributed by atoms with van der Waals surface area (Å²) in [6, 6.07) is 14.5. The maximum Gasteiger partial charge on any atom is 0.256 e. The number of aryl methyl sites for hydroxylation is 4. The highest BCUT2D eigenvalue weighted by atomic mass is 16.2. The van der Waals surface area contributed by atoms with Crippen LogP contribution in [0.5, 0.6) is 0 Å². The molecule has 2 aromatic heterocycles. The summed E-state index contributed by atoms with van der Waals surface area (Å²) < 4.78 is 1.70. The minimum atomic E-state index is -0.355. The first-order valence-electron chi connectivity index (χ1n) is 9.67. The van der Waals surface area contributed by atoms with Crippen LogP contribution in [0.3, 0.4) is 0 Å². The standard InChI is InChI=1S/C24H22N4O2/c1-14-9-10-15(2)20(11-14)22(29)18-7-5-6-8-19(18)24(30)26-17-12-21-16(3)27-28(4)23(21)25-13-17/h5-13H,1-4H3,(H,26,30). The monoisotopic (exact) mass is 398 g/mol. The minimum absolute atomic E-state index is 0.168. The molecular weight excluding hydrogens is 376 g/mol. The van der Waals surface area contributed by atoms with Crippen molar-refractivity contribution in [3.63, 3.8) is 0 Å². The molecule has 150 valence electrons. The van der Waals surface area contributed by atoms with Crippen molar-refractivity contribution in [2.45, 2.75) is 20.8 Å². The average Bonchev–Trinajstić information content (AvgIpc) is 3.02. The number of nitrogens with zero attached hydrogens (tertiary/aromatic N) is 3. The van der Waals surface area contributed by atoms with Gasteiger partial charge in [-0.1, -0.05) is 35.9 Å². The van der Waals surface area contributed by atoms with Crippen LogP contribution in [0.4, 0.5) is 5.69 Å². The molecule has 0 aliphatic carbocycles. The smallest absolute Gasteiger partial charge is 0.256 e. The largest absolute Gasteiger partial charge is 0.321 e. The molecule has 2 heterocycles. The number of nitrogens with one attached hydrogen (secondary N) is 1. The molecule has 0 unspecified atom stereocenters. The molecule has 0 atom stereocenters. The Kier molecular flexibility index (Phi) is 4.91. The van der Waals surface area contributed by atoms with Crippen LogP contribution in [0.25, 0.3) is 11.0 Å². The highest BCUT2D eigenvalue weighted by Crippen LogP contribution is 2.22. The molecule has 0 saturated heterocycles. The van der Waals surface area contributed by atoms with Gasteiger partial charge in [0.15, 0.2) is 11.4 Å². The fourth-order valence-electron chi connectivity index (χ4n) is 3.58. The molecule has 0 spiro atoms. The quantitative estimate of drug-likeness (QED) is 0.518.